The summed E-state index contributed by atoms with van der Waals surface area (Å²) in [7, 11) is 0. The second-order valence-corrected chi connectivity index (χ2v) is 16.4. The zero-order valence-electron chi connectivity index (χ0n) is 35.4. The lowest BCUT2D eigenvalue weighted by molar-refractivity contribution is -0.159. The van der Waals surface area contributed by atoms with E-state index in [1.54, 1.807) is 41.5 Å². The predicted octanol–water partition coefficient (Wildman–Crippen LogP) is 4.34. The highest BCUT2D eigenvalue weighted by Gasteiger charge is 2.31. The molecule has 6 N–H and O–H groups in total. The Morgan fingerprint density at radius 2 is 1.12 bits per heavy atom. The van der Waals surface area contributed by atoms with E-state index < -0.39 is 84.7 Å². The first-order chi connectivity index (χ1) is 27.9. The van der Waals surface area contributed by atoms with Gasteiger partial charge in [-0.2, -0.15) is 0 Å². The average molecular weight is 823 g/mol. The van der Waals surface area contributed by atoms with Crippen LogP contribution >= 0.6 is 0 Å². The molecule has 0 aliphatic heterocycles. The molecular formula is C43H62N6O10. The summed E-state index contributed by atoms with van der Waals surface area (Å²) >= 11 is 0. The minimum Gasteiger partial charge on any atom is -0.458 e. The Morgan fingerprint density at radius 3 is 1.69 bits per heavy atom. The maximum absolute atomic E-state index is 13.6. The monoisotopic (exact) mass is 822 g/mol. The Balaban J connectivity index is 1.47. The van der Waals surface area contributed by atoms with Crippen molar-refractivity contribution in [3.63, 3.8) is 0 Å². The molecule has 16 nitrogen and oxygen atoms in total. The van der Waals surface area contributed by atoms with Gasteiger partial charge in [0, 0.05) is 12.5 Å². The van der Waals surface area contributed by atoms with Crippen LogP contribution in [0, 0.1) is 0 Å². The van der Waals surface area contributed by atoms with Crippen molar-refractivity contribution in [1.29, 1.82) is 0 Å². The zero-order valence-corrected chi connectivity index (χ0v) is 35.4. The number of carbonyl (C=O) groups excluding carboxylic acids is 7. The molecule has 3 rings (SSSR count). The maximum atomic E-state index is 13.6. The molecule has 324 valence electrons. The number of alkyl carbamates (subject to hydrolysis) is 2. The van der Waals surface area contributed by atoms with E-state index in [-0.39, 0.29) is 25.5 Å². The summed E-state index contributed by atoms with van der Waals surface area (Å²) in [6, 6.07) is 13.8. The third-order valence-corrected chi connectivity index (χ3v) is 8.97. The molecule has 0 heterocycles. The van der Waals surface area contributed by atoms with Gasteiger partial charge in [0.05, 0.1) is 13.1 Å². The number of fused-ring (bicyclic) bond motifs is 3. The molecule has 1 aliphatic carbocycles. The Hall–Kier alpha value is -5.67. The van der Waals surface area contributed by atoms with Gasteiger partial charge in [0.1, 0.15) is 36.4 Å². The van der Waals surface area contributed by atoms with Crippen molar-refractivity contribution in [3.8, 4) is 11.1 Å². The smallest absolute Gasteiger partial charge is 0.407 e. The highest BCUT2D eigenvalue weighted by molar-refractivity contribution is 5.93. The molecule has 0 saturated heterocycles. The van der Waals surface area contributed by atoms with E-state index in [9.17, 15) is 33.6 Å². The lowest BCUT2D eigenvalue weighted by Gasteiger charge is -2.26. The molecular weight excluding hydrogens is 761 g/mol. The molecule has 2 atom stereocenters. The Kier molecular flexibility index (Phi) is 18.6. The fourth-order valence-corrected chi connectivity index (χ4v) is 6.27. The van der Waals surface area contributed by atoms with Crippen LogP contribution in [0.5, 0.6) is 0 Å². The molecule has 0 radical (unpaired) electrons. The largest absolute Gasteiger partial charge is 0.458 e. The van der Waals surface area contributed by atoms with Crippen molar-refractivity contribution in [2.75, 3.05) is 32.8 Å². The molecule has 1 unspecified atom stereocenters. The first kappa shape index (κ1) is 47.7. The van der Waals surface area contributed by atoms with Crippen LogP contribution in [-0.4, -0.2) is 97.9 Å². The van der Waals surface area contributed by atoms with Gasteiger partial charge < -0.3 is 46.1 Å². The van der Waals surface area contributed by atoms with Gasteiger partial charge in [0.25, 0.3) is 0 Å². The van der Waals surface area contributed by atoms with E-state index in [2.05, 4.69) is 31.9 Å². The van der Waals surface area contributed by atoms with Crippen LogP contribution < -0.4 is 31.9 Å². The number of hydrogen-bond acceptors (Lipinski definition) is 10. The quantitative estimate of drug-likeness (QED) is 0.0594. The summed E-state index contributed by atoms with van der Waals surface area (Å²) in [6.45, 7) is 11.3. The van der Waals surface area contributed by atoms with Crippen molar-refractivity contribution in [2.24, 2.45) is 0 Å². The van der Waals surface area contributed by atoms with Gasteiger partial charge in [-0.1, -0.05) is 74.7 Å². The molecule has 0 fully saturated rings. The lowest BCUT2D eigenvalue weighted by atomic mass is 9.98. The third-order valence-electron chi connectivity index (χ3n) is 8.97. The van der Waals surface area contributed by atoms with Gasteiger partial charge in [-0.25, -0.2) is 14.4 Å². The lowest BCUT2D eigenvalue weighted by Crippen LogP contribution is -2.54. The highest BCUT2D eigenvalue weighted by atomic mass is 16.6. The van der Waals surface area contributed by atoms with Crippen molar-refractivity contribution in [3.05, 3.63) is 59.7 Å². The molecule has 2 aromatic rings. The predicted molar refractivity (Wildman–Crippen MR) is 221 cm³/mol. The Bertz CT molecular complexity index is 1720. The van der Waals surface area contributed by atoms with E-state index in [4.69, 9.17) is 14.2 Å². The molecule has 59 heavy (non-hydrogen) atoms. The van der Waals surface area contributed by atoms with E-state index in [0.717, 1.165) is 35.1 Å². The minimum atomic E-state index is -1.08. The molecule has 16 heteroatoms. The maximum Gasteiger partial charge on any atom is 0.407 e. The van der Waals surface area contributed by atoms with E-state index in [1.807, 2.05) is 55.5 Å². The number of rotatable bonds is 21. The molecule has 6 amide bonds. The van der Waals surface area contributed by atoms with Crippen LogP contribution in [0.15, 0.2) is 48.5 Å². The van der Waals surface area contributed by atoms with Crippen LogP contribution in [0.4, 0.5) is 9.59 Å². The second-order valence-electron chi connectivity index (χ2n) is 16.4. The zero-order chi connectivity index (χ0) is 43.6. The third kappa shape index (κ3) is 17.4. The van der Waals surface area contributed by atoms with E-state index in [0.29, 0.717) is 25.7 Å². The van der Waals surface area contributed by atoms with Gasteiger partial charge in [-0.05, 0) is 89.5 Å². The van der Waals surface area contributed by atoms with Crippen molar-refractivity contribution in [2.45, 2.75) is 123 Å². The van der Waals surface area contributed by atoms with Gasteiger partial charge >= 0.3 is 18.2 Å². The standard InChI is InChI=1S/C43H62N6O10/c1-8-9-10-22-34(39(54)58-42(2,3)4)49-38(53)33(21-15-16-23-44-41(56)59-43(5,6)7)48-37(52)26-46-35(50)24-45-36(51)25-47-40(55)57-27-32-30-19-13-11-17-28(30)29-18-12-14-20-31(29)32/h11-14,17-20,32-34H,8-10,15-16,21-27H2,1-7H3,(H,44,56)(H,45,51)(H,46,50)(H,47,55)(H,48,52)(H,49,53)/t33?,34-/m0/s1. The summed E-state index contributed by atoms with van der Waals surface area (Å²) in [4.78, 5) is 88.9. The topological polar surface area (TPSA) is 219 Å². The highest BCUT2D eigenvalue weighted by Crippen LogP contribution is 2.44. The van der Waals surface area contributed by atoms with Crippen LogP contribution in [-0.2, 0) is 38.2 Å². The first-order valence-corrected chi connectivity index (χ1v) is 20.3. The molecule has 0 spiro atoms. The van der Waals surface area contributed by atoms with Crippen LogP contribution in [0.3, 0.4) is 0 Å². The molecule has 0 saturated carbocycles. The van der Waals surface area contributed by atoms with Crippen molar-refractivity contribution in [1.82, 2.24) is 31.9 Å². The van der Waals surface area contributed by atoms with E-state index in [1.165, 1.54) is 0 Å². The fourth-order valence-electron chi connectivity index (χ4n) is 6.27. The average Bonchev–Trinajstić information content (AvgIpc) is 3.48. The van der Waals surface area contributed by atoms with E-state index >= 15 is 0 Å². The Labute approximate surface area is 347 Å². The van der Waals surface area contributed by atoms with Crippen LogP contribution in [0.25, 0.3) is 11.1 Å². The van der Waals surface area contributed by atoms with Crippen LogP contribution in [0.2, 0.25) is 0 Å². The van der Waals surface area contributed by atoms with Gasteiger partial charge in [0.15, 0.2) is 0 Å². The second kappa shape index (κ2) is 23.1. The summed E-state index contributed by atoms with van der Waals surface area (Å²) in [5.74, 6) is -3.37. The number of carbonyl (C=O) groups is 7. The minimum absolute atomic E-state index is 0.0725. The first-order valence-electron chi connectivity index (χ1n) is 20.3. The Morgan fingerprint density at radius 1 is 0.593 bits per heavy atom. The molecule has 0 bridgehead atoms. The van der Waals surface area contributed by atoms with Crippen molar-refractivity contribution < 1.29 is 47.8 Å². The number of amides is 6. The van der Waals surface area contributed by atoms with Crippen molar-refractivity contribution >= 4 is 41.8 Å². The number of unbranched alkanes of at least 4 members (excludes halogenated alkanes) is 3. The SMILES string of the molecule is CCCCC[C@H](NC(=O)C(CCCCNC(=O)OC(C)(C)C)NC(=O)CNC(=O)CNC(=O)CNC(=O)OCC1c2ccccc2-c2ccccc21)C(=O)OC(C)(C)C. The summed E-state index contributed by atoms with van der Waals surface area (Å²) in [5.41, 5.74) is 2.82. The fraction of sp³-hybridized carbons (Fsp3) is 0.558. The summed E-state index contributed by atoms with van der Waals surface area (Å²) in [5, 5.41) is 15.2. The molecule has 2 aromatic carbocycles. The number of nitrogens with one attached hydrogen (secondary N) is 6. The van der Waals surface area contributed by atoms with Gasteiger partial charge in [-0.15, -0.1) is 0 Å². The normalized spacial score (nSPS) is 13.1. The number of hydrogen-bond donors (Lipinski definition) is 6. The summed E-state index contributed by atoms with van der Waals surface area (Å²) in [6.07, 6.45) is 2.41. The van der Waals surface area contributed by atoms with Gasteiger partial charge in [0.2, 0.25) is 23.6 Å². The van der Waals surface area contributed by atoms with Crippen LogP contribution in [0.1, 0.15) is 110 Å². The van der Waals surface area contributed by atoms with Gasteiger partial charge in [-0.3, -0.25) is 19.2 Å². The number of esters is 1. The molecule has 1 aliphatic rings. The molecule has 0 aromatic heterocycles. The number of benzene rings is 2. The summed E-state index contributed by atoms with van der Waals surface area (Å²) < 4.78 is 16.2. The number of ether oxygens (including phenoxy) is 3.